The van der Waals surface area contributed by atoms with E-state index in [-0.39, 0.29) is 51.7 Å². The zero-order valence-corrected chi connectivity index (χ0v) is 44.3. The van der Waals surface area contributed by atoms with Gasteiger partial charge in [-0.25, -0.2) is 0 Å². The first-order valence-electron chi connectivity index (χ1n) is 22.0. The molecule has 4 aromatic heterocycles. The topological polar surface area (TPSA) is 145 Å². The number of hydrogen-bond acceptors (Lipinski definition) is 8. The average molecular weight is 1130 g/mol. The van der Waals surface area contributed by atoms with Gasteiger partial charge in [0.1, 0.15) is 11.5 Å². The van der Waals surface area contributed by atoms with Gasteiger partial charge >= 0.3 is 20.4 Å². The Bertz CT molecular complexity index is 2730. The van der Waals surface area contributed by atoms with Gasteiger partial charge in [0, 0.05) is 81.7 Å². The minimum absolute atomic E-state index is 0. The largest absolute Gasteiger partial charge is 2.00 e. The maximum absolute atomic E-state index is 9.00. The number of rotatable bonds is 8. The summed E-state index contributed by atoms with van der Waals surface area (Å²) in [5.74, 6) is 3.39. The molecular weight excluding hydrogens is 1070 g/mol. The van der Waals surface area contributed by atoms with Crippen LogP contribution in [0.5, 0.6) is 23.0 Å². The van der Waals surface area contributed by atoms with E-state index in [2.05, 4.69) is 116 Å². The molecule has 0 aliphatic rings. The van der Waals surface area contributed by atoms with Crippen molar-refractivity contribution in [3.8, 4) is 80.4 Å². The Morgan fingerprint density at radius 1 is 0.507 bits per heavy atom. The quantitative estimate of drug-likeness (QED) is 0.0857. The van der Waals surface area contributed by atoms with E-state index in [1.807, 2.05) is 128 Å². The van der Waals surface area contributed by atoms with Crippen molar-refractivity contribution in [1.29, 1.82) is 0 Å². The SMILES string of the molecule is C#CC.CC(=O)O.CC(=O)O.CC(C)(C)c1ccnc(-c2[c-]c(Oc3[c-]c(-c4ccccn4)ccc3)ccc2)c1.CC(C)(C)c1ccnc(-c2cccc(Oc3cccc(-c4ccccn4)c3)c2)c1.[Pd+2].[Pd]. The Morgan fingerprint density at radius 3 is 1.32 bits per heavy atom. The molecule has 10 nitrogen and oxygen atoms in total. The van der Waals surface area contributed by atoms with Crippen LogP contribution in [0, 0.1) is 24.5 Å². The van der Waals surface area contributed by atoms with Crippen molar-refractivity contribution in [1.82, 2.24) is 19.9 Å². The normalized spacial score (nSPS) is 10.0. The molecular formula is C59H58N4O6Pd2. The van der Waals surface area contributed by atoms with Crippen molar-refractivity contribution in [3.63, 3.8) is 0 Å². The van der Waals surface area contributed by atoms with Crippen molar-refractivity contribution < 1.29 is 70.1 Å². The van der Waals surface area contributed by atoms with Gasteiger partial charge in [-0.3, -0.25) is 19.6 Å². The number of aromatic nitrogens is 4. The van der Waals surface area contributed by atoms with E-state index in [0.717, 1.165) is 70.4 Å². The number of benzene rings is 4. The zero-order chi connectivity index (χ0) is 50.4. The maximum atomic E-state index is 9.00. The van der Waals surface area contributed by atoms with Gasteiger partial charge in [-0.2, -0.15) is 0 Å². The van der Waals surface area contributed by atoms with Crippen LogP contribution in [0.4, 0.5) is 0 Å². The number of hydrogen-bond donors (Lipinski definition) is 2. The molecule has 0 aliphatic heterocycles. The Hall–Kier alpha value is -7.10. The second-order valence-corrected chi connectivity index (χ2v) is 17.2. The molecule has 12 heteroatoms. The van der Waals surface area contributed by atoms with Gasteiger partial charge in [0.2, 0.25) is 0 Å². The first-order chi connectivity index (χ1) is 32.9. The number of carbonyl (C=O) groups is 2. The number of carboxylic acid groups (broad SMARTS) is 2. The van der Waals surface area contributed by atoms with Crippen molar-refractivity contribution in [2.45, 2.75) is 73.1 Å². The molecule has 0 saturated heterocycles. The Labute approximate surface area is 446 Å². The van der Waals surface area contributed by atoms with Gasteiger partial charge in [0.05, 0.1) is 11.4 Å². The van der Waals surface area contributed by atoms with Crippen LogP contribution in [0.2, 0.25) is 0 Å². The number of pyridine rings is 4. The molecule has 71 heavy (non-hydrogen) atoms. The van der Waals surface area contributed by atoms with E-state index >= 15 is 0 Å². The molecule has 0 fully saturated rings. The fourth-order valence-corrected chi connectivity index (χ4v) is 6.16. The summed E-state index contributed by atoms with van der Waals surface area (Å²) >= 11 is 0. The van der Waals surface area contributed by atoms with Crippen molar-refractivity contribution in [2.24, 2.45) is 0 Å². The molecule has 8 aromatic rings. The van der Waals surface area contributed by atoms with Crippen LogP contribution in [-0.2, 0) is 61.3 Å². The van der Waals surface area contributed by atoms with Crippen LogP contribution in [-0.4, -0.2) is 42.1 Å². The second kappa shape index (κ2) is 29.8. The summed E-state index contributed by atoms with van der Waals surface area (Å²) in [6.45, 7) is 17.0. The molecule has 8 rings (SSSR count). The number of ether oxygens (including phenoxy) is 2. The van der Waals surface area contributed by atoms with Crippen LogP contribution >= 0.6 is 0 Å². The zero-order valence-electron chi connectivity index (χ0n) is 41.2. The van der Waals surface area contributed by atoms with Crippen LogP contribution in [0.3, 0.4) is 0 Å². The first kappa shape index (κ1) is 60.0. The third-order valence-corrected chi connectivity index (χ3v) is 9.39. The molecule has 0 spiro atoms. The van der Waals surface area contributed by atoms with Crippen LogP contribution in [0.1, 0.15) is 73.4 Å². The fourth-order valence-electron chi connectivity index (χ4n) is 6.16. The minimum atomic E-state index is -0.833. The third kappa shape index (κ3) is 21.2. The fraction of sp³-hybridized carbons (Fsp3) is 0.186. The van der Waals surface area contributed by atoms with E-state index in [4.69, 9.17) is 29.3 Å². The standard InChI is InChI=1S/C26H24N2O.C26H22N2O.C3H4.2C2H4O2.2Pd/c2*1-26(2,3)21-13-15-28-25(18-21)20-9-7-11-23(17-20)29-22-10-6-8-19(16-22)24-12-4-5-14-27-24;1-3-2;2*1-2(3)4;;/h4-18H,1-3H3;4-15,18H,1-3H3;1H,2H3;2*1H3,(H,3,4);;/q;-2;;;;;+2. The predicted molar refractivity (Wildman–Crippen MR) is 275 cm³/mol. The van der Waals surface area contributed by atoms with Crippen molar-refractivity contribution in [3.05, 3.63) is 194 Å². The smallest absolute Gasteiger partial charge is 0.497 e. The van der Waals surface area contributed by atoms with Gasteiger partial charge in [-0.1, -0.05) is 102 Å². The van der Waals surface area contributed by atoms with Gasteiger partial charge in [0.15, 0.2) is 0 Å². The molecule has 0 aliphatic carbocycles. The van der Waals surface area contributed by atoms with Crippen molar-refractivity contribution in [2.75, 3.05) is 0 Å². The molecule has 4 aromatic carbocycles. The predicted octanol–water partition coefficient (Wildman–Crippen LogP) is 14.2. The van der Waals surface area contributed by atoms with Gasteiger partial charge < -0.3 is 29.7 Å². The number of carboxylic acids is 2. The van der Waals surface area contributed by atoms with Gasteiger partial charge in [0.25, 0.3) is 11.9 Å². The van der Waals surface area contributed by atoms with Crippen LogP contribution in [0.25, 0.3) is 45.0 Å². The van der Waals surface area contributed by atoms with E-state index in [1.54, 1.807) is 19.3 Å². The molecule has 0 radical (unpaired) electrons. The van der Waals surface area contributed by atoms with E-state index in [9.17, 15) is 0 Å². The van der Waals surface area contributed by atoms with Crippen LogP contribution < -0.4 is 9.47 Å². The van der Waals surface area contributed by atoms with E-state index < -0.39 is 11.9 Å². The molecule has 0 atom stereocenters. The number of aliphatic carboxylic acids is 2. The molecule has 2 N–H and O–H groups in total. The number of terminal acetylenes is 1. The number of nitrogens with zero attached hydrogens (tertiary/aromatic N) is 4. The van der Waals surface area contributed by atoms with E-state index in [1.165, 1.54) is 11.1 Å². The van der Waals surface area contributed by atoms with Crippen LogP contribution in [0.15, 0.2) is 170 Å². The summed E-state index contributed by atoms with van der Waals surface area (Å²) in [6, 6.07) is 54.4. The molecule has 0 saturated carbocycles. The van der Waals surface area contributed by atoms with E-state index in [0.29, 0.717) is 11.5 Å². The molecule has 370 valence electrons. The van der Waals surface area contributed by atoms with Crippen molar-refractivity contribution >= 4 is 11.9 Å². The second-order valence-electron chi connectivity index (χ2n) is 17.2. The summed E-state index contributed by atoms with van der Waals surface area (Å²) in [4.78, 5) is 35.9. The molecule has 0 bridgehead atoms. The summed E-state index contributed by atoms with van der Waals surface area (Å²) < 4.78 is 12.2. The minimum Gasteiger partial charge on any atom is -0.497 e. The Morgan fingerprint density at radius 2 is 0.887 bits per heavy atom. The summed E-state index contributed by atoms with van der Waals surface area (Å²) in [7, 11) is 0. The summed E-state index contributed by atoms with van der Waals surface area (Å²) in [6.07, 6.45) is 11.9. The monoisotopic (exact) mass is 1130 g/mol. The maximum Gasteiger partial charge on any atom is 2.00 e. The average Bonchev–Trinajstić information content (AvgIpc) is 3.32. The molecule has 0 amide bonds. The van der Waals surface area contributed by atoms with Gasteiger partial charge in [-0.15, -0.1) is 59.9 Å². The summed E-state index contributed by atoms with van der Waals surface area (Å²) in [5, 5.41) is 14.8. The Kier molecular flexibility index (Phi) is 25.2. The molecule has 0 unspecified atom stereocenters. The Balaban J connectivity index is 0.000000394. The third-order valence-electron chi connectivity index (χ3n) is 9.39. The summed E-state index contributed by atoms with van der Waals surface area (Å²) in [5.41, 5.74) is 10.1. The molecule has 4 heterocycles. The van der Waals surface area contributed by atoms with Gasteiger partial charge in [-0.05, 0) is 101 Å². The first-order valence-corrected chi connectivity index (χ1v) is 22.0.